The predicted molar refractivity (Wildman–Crippen MR) is 108 cm³/mol. The number of carbonyl (C=O) groups is 1. The maximum atomic E-state index is 14.1. The van der Waals surface area contributed by atoms with E-state index >= 15 is 0 Å². The molecule has 0 spiro atoms. The van der Waals surface area contributed by atoms with E-state index in [0.29, 0.717) is 17.0 Å². The summed E-state index contributed by atoms with van der Waals surface area (Å²) in [5, 5.41) is 1.83. The summed E-state index contributed by atoms with van der Waals surface area (Å²) in [6.45, 7) is 0. The van der Waals surface area contributed by atoms with Crippen LogP contribution in [0.25, 0.3) is 10.8 Å². The second kappa shape index (κ2) is 8.10. The molecule has 0 saturated heterocycles. The fourth-order valence-corrected chi connectivity index (χ4v) is 3.21. The third-order valence-corrected chi connectivity index (χ3v) is 4.69. The van der Waals surface area contributed by atoms with Crippen LogP contribution in [0.3, 0.4) is 0 Å². The molecule has 0 aliphatic rings. The van der Waals surface area contributed by atoms with Crippen molar-refractivity contribution in [1.82, 2.24) is 4.98 Å². The van der Waals surface area contributed by atoms with Crippen molar-refractivity contribution in [3.63, 3.8) is 0 Å². The van der Waals surface area contributed by atoms with E-state index in [1.54, 1.807) is 31.5 Å². The maximum absolute atomic E-state index is 14.1. The molecule has 0 unspecified atom stereocenters. The van der Waals surface area contributed by atoms with Gasteiger partial charge in [-0.25, -0.2) is 9.18 Å². The number of hydrogen-bond donors (Lipinski definition) is 0. The lowest BCUT2D eigenvalue weighted by molar-refractivity contribution is 0.0368. The molecule has 0 aliphatic carbocycles. The van der Waals surface area contributed by atoms with Gasteiger partial charge in [-0.1, -0.05) is 48.5 Å². The zero-order valence-electron chi connectivity index (χ0n) is 15.7. The van der Waals surface area contributed by atoms with Gasteiger partial charge in [0, 0.05) is 11.6 Å². The van der Waals surface area contributed by atoms with Gasteiger partial charge in [0.15, 0.2) is 6.10 Å². The van der Waals surface area contributed by atoms with Gasteiger partial charge in [-0.3, -0.25) is 4.98 Å². The van der Waals surface area contributed by atoms with Crippen molar-refractivity contribution in [2.75, 3.05) is 7.11 Å². The molecule has 4 rings (SSSR count). The van der Waals surface area contributed by atoms with E-state index in [4.69, 9.17) is 9.47 Å². The lowest BCUT2D eigenvalue weighted by Crippen LogP contribution is -2.15. The highest BCUT2D eigenvalue weighted by Gasteiger charge is 2.24. The minimum atomic E-state index is -0.806. The van der Waals surface area contributed by atoms with Crippen LogP contribution in [0.5, 0.6) is 5.75 Å². The maximum Gasteiger partial charge on any atom is 0.342 e. The topological polar surface area (TPSA) is 48.4 Å². The highest BCUT2D eigenvalue weighted by atomic mass is 19.1. The van der Waals surface area contributed by atoms with Gasteiger partial charge in [0.2, 0.25) is 0 Å². The molecule has 0 saturated carbocycles. The summed E-state index contributed by atoms with van der Waals surface area (Å²) in [4.78, 5) is 17.3. The number of aromatic nitrogens is 1. The van der Waals surface area contributed by atoms with E-state index in [0.717, 1.165) is 10.8 Å². The number of hydrogen-bond acceptors (Lipinski definition) is 4. The van der Waals surface area contributed by atoms with Gasteiger partial charge in [-0.2, -0.15) is 0 Å². The number of ether oxygens (including phenoxy) is 2. The fourth-order valence-electron chi connectivity index (χ4n) is 3.21. The molecule has 3 aromatic carbocycles. The number of nitrogens with zero attached hydrogens (tertiary/aromatic N) is 1. The summed E-state index contributed by atoms with van der Waals surface area (Å²) in [5.41, 5.74) is 1.17. The summed E-state index contributed by atoms with van der Waals surface area (Å²) in [5.74, 6) is -0.700. The highest BCUT2D eigenvalue weighted by molar-refractivity contribution is 5.90. The molecule has 144 valence electrons. The highest BCUT2D eigenvalue weighted by Crippen LogP contribution is 2.32. The van der Waals surface area contributed by atoms with Crippen LogP contribution in [0.2, 0.25) is 0 Å². The molecule has 4 nitrogen and oxygen atoms in total. The summed E-state index contributed by atoms with van der Waals surface area (Å²) in [6, 6.07) is 22.5. The average molecular weight is 387 g/mol. The van der Waals surface area contributed by atoms with Gasteiger partial charge in [0.1, 0.15) is 11.6 Å². The zero-order valence-corrected chi connectivity index (χ0v) is 15.7. The number of carbonyl (C=O) groups excluding carboxylic acids is 1. The molecule has 5 heteroatoms. The second-order valence-electron chi connectivity index (χ2n) is 6.46. The SMILES string of the molecule is COc1ccc([C@@H](OC(=O)c2ccccc2F)c2nccc3ccccc23)cc1. The van der Waals surface area contributed by atoms with Gasteiger partial charge in [-0.15, -0.1) is 0 Å². The van der Waals surface area contributed by atoms with E-state index in [1.165, 1.54) is 18.2 Å². The Morgan fingerprint density at radius 1 is 0.931 bits per heavy atom. The Labute approximate surface area is 167 Å². The van der Waals surface area contributed by atoms with Crippen LogP contribution in [-0.2, 0) is 4.74 Å². The molecule has 0 bridgehead atoms. The number of fused-ring (bicyclic) bond motifs is 1. The molecule has 0 aliphatic heterocycles. The lowest BCUT2D eigenvalue weighted by Gasteiger charge is -2.20. The second-order valence-corrected chi connectivity index (χ2v) is 6.46. The van der Waals surface area contributed by atoms with Gasteiger partial charge >= 0.3 is 5.97 Å². The summed E-state index contributed by atoms with van der Waals surface area (Å²) in [7, 11) is 1.58. The first-order valence-electron chi connectivity index (χ1n) is 9.10. The zero-order chi connectivity index (χ0) is 20.2. The molecule has 0 amide bonds. The van der Waals surface area contributed by atoms with Crippen LogP contribution >= 0.6 is 0 Å². The van der Waals surface area contributed by atoms with Gasteiger partial charge in [-0.05, 0) is 41.3 Å². The molecule has 1 atom stereocenters. The molecule has 0 radical (unpaired) electrons. The Morgan fingerprint density at radius 2 is 1.66 bits per heavy atom. The molecule has 29 heavy (non-hydrogen) atoms. The quantitative estimate of drug-likeness (QED) is 0.434. The van der Waals surface area contributed by atoms with Crippen molar-refractivity contribution >= 4 is 16.7 Å². The number of benzene rings is 3. The number of methoxy groups -OCH3 is 1. The van der Waals surface area contributed by atoms with Crippen LogP contribution in [0.1, 0.15) is 27.7 Å². The Hall–Kier alpha value is -3.73. The molecular formula is C24H18FNO3. The van der Waals surface area contributed by atoms with Crippen molar-refractivity contribution in [2.24, 2.45) is 0 Å². The summed E-state index contributed by atoms with van der Waals surface area (Å²) >= 11 is 0. The lowest BCUT2D eigenvalue weighted by atomic mass is 10.0. The van der Waals surface area contributed by atoms with Crippen molar-refractivity contribution in [1.29, 1.82) is 0 Å². The molecule has 1 heterocycles. The Kier molecular flexibility index (Phi) is 5.20. The third kappa shape index (κ3) is 3.80. The number of halogens is 1. The fraction of sp³-hybridized carbons (Fsp3) is 0.0833. The summed E-state index contributed by atoms with van der Waals surface area (Å²) in [6.07, 6.45) is 0.865. The Bertz CT molecular complexity index is 1150. The first-order chi connectivity index (χ1) is 14.2. The molecular weight excluding hydrogens is 369 g/mol. The average Bonchev–Trinajstić information content (AvgIpc) is 2.77. The van der Waals surface area contributed by atoms with E-state index in [1.807, 2.05) is 42.5 Å². The summed E-state index contributed by atoms with van der Waals surface area (Å²) < 4.78 is 25.1. The van der Waals surface area contributed by atoms with Crippen LogP contribution in [0.4, 0.5) is 4.39 Å². The molecule has 0 N–H and O–H groups in total. The van der Waals surface area contributed by atoms with Crippen molar-refractivity contribution in [3.05, 3.63) is 108 Å². The van der Waals surface area contributed by atoms with Crippen LogP contribution < -0.4 is 4.74 Å². The monoisotopic (exact) mass is 387 g/mol. The van der Waals surface area contributed by atoms with E-state index in [-0.39, 0.29) is 5.56 Å². The van der Waals surface area contributed by atoms with Gasteiger partial charge < -0.3 is 9.47 Å². The van der Waals surface area contributed by atoms with Crippen molar-refractivity contribution in [3.8, 4) is 5.75 Å². The minimum absolute atomic E-state index is 0.119. The molecule has 1 aromatic heterocycles. The Morgan fingerprint density at radius 3 is 2.41 bits per heavy atom. The number of rotatable bonds is 5. The standard InChI is InChI=1S/C24H18FNO3/c1-28-18-12-10-17(11-13-18)23(29-24(27)20-8-4-5-9-21(20)25)22-19-7-3-2-6-16(19)14-15-26-22/h2-15,23H,1H3/t23-/m1/s1. The van der Waals surface area contributed by atoms with Gasteiger partial charge in [0.25, 0.3) is 0 Å². The van der Waals surface area contributed by atoms with Crippen molar-refractivity contribution < 1.29 is 18.7 Å². The predicted octanol–water partition coefficient (Wildman–Crippen LogP) is 5.33. The van der Waals surface area contributed by atoms with Crippen LogP contribution in [0, 0.1) is 5.82 Å². The van der Waals surface area contributed by atoms with Crippen LogP contribution in [-0.4, -0.2) is 18.1 Å². The van der Waals surface area contributed by atoms with Gasteiger partial charge in [0.05, 0.1) is 18.4 Å². The van der Waals surface area contributed by atoms with Crippen LogP contribution in [0.15, 0.2) is 85.1 Å². The Balaban J connectivity index is 1.80. The normalized spacial score (nSPS) is 11.8. The third-order valence-electron chi connectivity index (χ3n) is 4.69. The number of esters is 1. The van der Waals surface area contributed by atoms with E-state index in [9.17, 15) is 9.18 Å². The molecule has 0 fully saturated rings. The minimum Gasteiger partial charge on any atom is -0.497 e. The van der Waals surface area contributed by atoms with Crippen molar-refractivity contribution in [2.45, 2.75) is 6.10 Å². The van der Waals surface area contributed by atoms with E-state index < -0.39 is 17.9 Å². The smallest absolute Gasteiger partial charge is 0.342 e. The molecule has 4 aromatic rings. The van der Waals surface area contributed by atoms with E-state index in [2.05, 4.69) is 4.98 Å². The first kappa shape index (κ1) is 18.6. The largest absolute Gasteiger partial charge is 0.497 e. The number of pyridine rings is 1. The first-order valence-corrected chi connectivity index (χ1v) is 9.10.